The normalized spacial score (nSPS) is 10.8. The summed E-state index contributed by atoms with van der Waals surface area (Å²) >= 11 is 0. The summed E-state index contributed by atoms with van der Waals surface area (Å²) in [4.78, 5) is 16.8. The summed E-state index contributed by atoms with van der Waals surface area (Å²) in [6, 6.07) is 7.30. The zero-order chi connectivity index (χ0) is 13.0. The number of aliphatic hydroxyl groups is 2. The molecule has 5 heteroatoms. The largest absolute Gasteiger partial charge is 0.395 e. The van der Waals surface area contributed by atoms with Crippen LogP contribution in [0.4, 0.5) is 0 Å². The quantitative estimate of drug-likeness (QED) is 0.725. The zero-order valence-corrected chi connectivity index (χ0v) is 9.97. The van der Waals surface area contributed by atoms with Crippen LogP contribution >= 0.6 is 0 Å². The molecule has 96 valence electrons. The van der Waals surface area contributed by atoms with Crippen molar-refractivity contribution in [3.8, 4) is 0 Å². The molecule has 2 rings (SSSR count). The first kappa shape index (κ1) is 12.6. The van der Waals surface area contributed by atoms with Gasteiger partial charge in [0.05, 0.1) is 13.2 Å². The SMILES string of the molecule is O=C(c1cccc2[nH]ccc12)N(CCO)CCO. The first-order valence-electron chi connectivity index (χ1n) is 5.85. The van der Waals surface area contributed by atoms with Crippen LogP contribution in [-0.4, -0.2) is 52.3 Å². The number of nitrogens with zero attached hydrogens (tertiary/aromatic N) is 1. The minimum Gasteiger partial charge on any atom is -0.395 e. The van der Waals surface area contributed by atoms with E-state index in [-0.39, 0.29) is 32.2 Å². The number of hydrogen-bond acceptors (Lipinski definition) is 3. The summed E-state index contributed by atoms with van der Waals surface area (Å²) in [6.07, 6.45) is 1.78. The van der Waals surface area contributed by atoms with Gasteiger partial charge in [-0.1, -0.05) is 6.07 Å². The second-order valence-electron chi connectivity index (χ2n) is 3.98. The van der Waals surface area contributed by atoms with Gasteiger partial charge in [-0.2, -0.15) is 0 Å². The van der Waals surface area contributed by atoms with Gasteiger partial charge in [0.2, 0.25) is 0 Å². The predicted octanol–water partition coefficient (Wildman–Crippen LogP) is 0.595. The fraction of sp³-hybridized carbons (Fsp3) is 0.308. The molecule has 0 bridgehead atoms. The Morgan fingerprint density at radius 2 is 1.89 bits per heavy atom. The number of hydrogen-bond donors (Lipinski definition) is 3. The lowest BCUT2D eigenvalue weighted by Gasteiger charge is -2.21. The smallest absolute Gasteiger partial charge is 0.254 e. The van der Waals surface area contributed by atoms with Crippen LogP contribution < -0.4 is 0 Å². The Morgan fingerprint density at radius 1 is 1.17 bits per heavy atom. The Morgan fingerprint density at radius 3 is 2.56 bits per heavy atom. The van der Waals surface area contributed by atoms with Crippen molar-refractivity contribution in [2.75, 3.05) is 26.3 Å². The number of amides is 1. The van der Waals surface area contributed by atoms with Crippen molar-refractivity contribution in [1.82, 2.24) is 9.88 Å². The standard InChI is InChI=1S/C13H16N2O3/c16-8-6-15(7-9-17)13(18)11-2-1-3-12-10(11)4-5-14-12/h1-5,14,16-17H,6-9H2. The average Bonchev–Trinajstić information content (AvgIpc) is 2.85. The first-order valence-corrected chi connectivity index (χ1v) is 5.85. The molecule has 18 heavy (non-hydrogen) atoms. The van der Waals surface area contributed by atoms with E-state index in [9.17, 15) is 4.79 Å². The highest BCUT2D eigenvalue weighted by molar-refractivity contribution is 6.06. The van der Waals surface area contributed by atoms with Gasteiger partial charge in [0.15, 0.2) is 0 Å². The van der Waals surface area contributed by atoms with Gasteiger partial charge in [-0.3, -0.25) is 4.79 Å². The molecule has 5 nitrogen and oxygen atoms in total. The van der Waals surface area contributed by atoms with E-state index in [0.717, 1.165) is 10.9 Å². The number of nitrogens with one attached hydrogen (secondary N) is 1. The lowest BCUT2D eigenvalue weighted by molar-refractivity contribution is 0.0687. The number of aromatic amines is 1. The Balaban J connectivity index is 2.34. The maximum absolute atomic E-state index is 12.3. The van der Waals surface area contributed by atoms with Crippen LogP contribution in [0, 0.1) is 0 Å². The summed E-state index contributed by atoms with van der Waals surface area (Å²) in [5.74, 6) is -0.177. The van der Waals surface area contributed by atoms with Crippen LogP contribution in [0.5, 0.6) is 0 Å². The van der Waals surface area contributed by atoms with Gasteiger partial charge < -0.3 is 20.1 Å². The molecule has 1 amide bonds. The van der Waals surface area contributed by atoms with E-state index in [1.807, 2.05) is 18.2 Å². The predicted molar refractivity (Wildman–Crippen MR) is 68.4 cm³/mol. The summed E-state index contributed by atoms with van der Waals surface area (Å²) < 4.78 is 0. The molecule has 0 radical (unpaired) electrons. The van der Waals surface area contributed by atoms with Crippen molar-refractivity contribution in [2.45, 2.75) is 0 Å². The third kappa shape index (κ3) is 2.37. The van der Waals surface area contributed by atoms with Gasteiger partial charge in [-0.05, 0) is 18.2 Å². The summed E-state index contributed by atoms with van der Waals surface area (Å²) in [7, 11) is 0. The Bertz CT molecular complexity index is 530. The van der Waals surface area contributed by atoms with E-state index in [4.69, 9.17) is 10.2 Å². The molecule has 0 fully saturated rings. The summed E-state index contributed by atoms with van der Waals surface area (Å²) in [6.45, 7) is 0.212. The van der Waals surface area contributed by atoms with E-state index in [1.54, 1.807) is 12.3 Å². The molecule has 1 heterocycles. The fourth-order valence-electron chi connectivity index (χ4n) is 2.00. The molecule has 0 aliphatic carbocycles. The number of rotatable bonds is 5. The van der Waals surface area contributed by atoms with Gasteiger partial charge in [-0.15, -0.1) is 0 Å². The zero-order valence-electron chi connectivity index (χ0n) is 9.97. The molecule has 0 aliphatic heterocycles. The third-order valence-corrected chi connectivity index (χ3v) is 2.85. The molecule has 3 N–H and O–H groups in total. The van der Waals surface area contributed by atoms with Crippen LogP contribution in [-0.2, 0) is 0 Å². The molecule has 2 aromatic rings. The van der Waals surface area contributed by atoms with Crippen LogP contribution in [0.2, 0.25) is 0 Å². The van der Waals surface area contributed by atoms with Crippen molar-refractivity contribution in [2.24, 2.45) is 0 Å². The number of aliphatic hydroxyl groups excluding tert-OH is 2. The highest BCUT2D eigenvalue weighted by atomic mass is 16.3. The van der Waals surface area contributed by atoms with Gasteiger partial charge in [0, 0.05) is 35.8 Å². The number of H-pyrrole nitrogens is 1. The molecule has 1 aromatic carbocycles. The Hall–Kier alpha value is -1.85. The molecular formula is C13H16N2O3. The van der Waals surface area contributed by atoms with Gasteiger partial charge in [0.1, 0.15) is 0 Å². The second kappa shape index (κ2) is 5.66. The van der Waals surface area contributed by atoms with E-state index < -0.39 is 0 Å². The lowest BCUT2D eigenvalue weighted by Crippen LogP contribution is -2.35. The highest BCUT2D eigenvalue weighted by Crippen LogP contribution is 2.18. The van der Waals surface area contributed by atoms with Gasteiger partial charge >= 0.3 is 0 Å². The van der Waals surface area contributed by atoms with Crippen molar-refractivity contribution >= 4 is 16.8 Å². The van der Waals surface area contributed by atoms with Gasteiger partial charge in [-0.25, -0.2) is 0 Å². The van der Waals surface area contributed by atoms with E-state index in [0.29, 0.717) is 5.56 Å². The van der Waals surface area contributed by atoms with Crippen molar-refractivity contribution in [1.29, 1.82) is 0 Å². The topological polar surface area (TPSA) is 76.6 Å². The maximum Gasteiger partial charge on any atom is 0.254 e. The summed E-state index contributed by atoms with van der Waals surface area (Å²) in [5, 5.41) is 18.8. The van der Waals surface area contributed by atoms with Crippen LogP contribution in [0.15, 0.2) is 30.5 Å². The van der Waals surface area contributed by atoms with Crippen molar-refractivity contribution < 1.29 is 15.0 Å². The molecule has 0 atom stereocenters. The van der Waals surface area contributed by atoms with Crippen molar-refractivity contribution in [3.05, 3.63) is 36.0 Å². The minimum atomic E-state index is -0.177. The minimum absolute atomic E-state index is 0.116. The fourth-order valence-corrected chi connectivity index (χ4v) is 2.00. The van der Waals surface area contributed by atoms with Crippen molar-refractivity contribution in [3.63, 3.8) is 0 Å². The summed E-state index contributed by atoms with van der Waals surface area (Å²) in [5.41, 5.74) is 1.48. The molecule has 0 aliphatic rings. The molecule has 0 unspecified atom stereocenters. The van der Waals surface area contributed by atoms with Crippen LogP contribution in [0.1, 0.15) is 10.4 Å². The molecule has 0 saturated heterocycles. The second-order valence-corrected chi connectivity index (χ2v) is 3.98. The Kier molecular flexibility index (Phi) is 3.96. The number of aromatic nitrogens is 1. The number of fused-ring (bicyclic) bond motifs is 1. The van der Waals surface area contributed by atoms with Crippen LogP contribution in [0.3, 0.4) is 0 Å². The van der Waals surface area contributed by atoms with Gasteiger partial charge in [0.25, 0.3) is 5.91 Å². The lowest BCUT2D eigenvalue weighted by atomic mass is 10.1. The number of carbonyl (C=O) groups excluding carboxylic acids is 1. The van der Waals surface area contributed by atoms with E-state index >= 15 is 0 Å². The molecule has 1 aromatic heterocycles. The maximum atomic E-state index is 12.3. The molecular weight excluding hydrogens is 232 g/mol. The van der Waals surface area contributed by atoms with Crippen LogP contribution in [0.25, 0.3) is 10.9 Å². The highest BCUT2D eigenvalue weighted by Gasteiger charge is 2.17. The van der Waals surface area contributed by atoms with E-state index in [2.05, 4.69) is 4.98 Å². The Labute approximate surface area is 105 Å². The monoisotopic (exact) mass is 248 g/mol. The first-order chi connectivity index (χ1) is 8.77. The number of benzene rings is 1. The average molecular weight is 248 g/mol. The third-order valence-electron chi connectivity index (χ3n) is 2.85. The number of carbonyl (C=O) groups is 1. The van der Waals surface area contributed by atoms with E-state index in [1.165, 1.54) is 4.90 Å². The molecule has 0 saturated carbocycles. The molecule has 0 spiro atoms.